The molecule has 0 bridgehead atoms. The first-order valence-electron chi connectivity index (χ1n) is 4.90. The number of nitrogens with one attached hydrogen (secondary N) is 1. The van der Waals surface area contributed by atoms with E-state index >= 15 is 0 Å². The van der Waals surface area contributed by atoms with Crippen molar-refractivity contribution < 1.29 is 0 Å². The van der Waals surface area contributed by atoms with Crippen LogP contribution in [0.4, 0.5) is 5.95 Å². The van der Waals surface area contributed by atoms with E-state index in [1.807, 2.05) is 24.4 Å². The Kier molecular flexibility index (Phi) is 3.71. The van der Waals surface area contributed by atoms with Gasteiger partial charge in [0.15, 0.2) is 0 Å². The topological polar surface area (TPSA) is 61.6 Å². The van der Waals surface area contributed by atoms with Crippen LogP contribution in [0.2, 0.25) is 0 Å². The number of aromatic nitrogens is 2. The molecule has 0 saturated heterocycles. The minimum absolute atomic E-state index is 0.382. The fourth-order valence-electron chi connectivity index (χ4n) is 1.32. The van der Waals surface area contributed by atoms with Crippen LogP contribution in [-0.2, 0) is 6.54 Å². The predicted octanol–water partition coefficient (Wildman–Crippen LogP) is 3.09. The quantitative estimate of drug-likeness (QED) is 0.946. The van der Waals surface area contributed by atoms with Gasteiger partial charge in [0.1, 0.15) is 11.8 Å². The van der Waals surface area contributed by atoms with Crippen LogP contribution < -0.4 is 5.32 Å². The van der Waals surface area contributed by atoms with Crippen molar-refractivity contribution in [1.82, 2.24) is 9.97 Å². The SMILES string of the molecule is Cc1cc(C#N)nc(NCc2cc(Br)cs2)n1. The number of hydrogen-bond donors (Lipinski definition) is 1. The normalized spacial score (nSPS) is 9.94. The first-order chi connectivity index (χ1) is 8.17. The van der Waals surface area contributed by atoms with Crippen molar-refractivity contribution in [2.45, 2.75) is 13.5 Å². The Bertz CT molecular complexity index is 573. The van der Waals surface area contributed by atoms with Gasteiger partial charge in [-0.1, -0.05) is 0 Å². The molecule has 86 valence electrons. The highest BCUT2D eigenvalue weighted by atomic mass is 79.9. The zero-order valence-corrected chi connectivity index (χ0v) is 11.5. The summed E-state index contributed by atoms with van der Waals surface area (Å²) < 4.78 is 1.07. The minimum Gasteiger partial charge on any atom is -0.349 e. The predicted molar refractivity (Wildman–Crippen MR) is 70.8 cm³/mol. The minimum atomic E-state index is 0.382. The summed E-state index contributed by atoms with van der Waals surface area (Å²) in [6, 6.07) is 5.71. The standard InChI is InChI=1S/C11H9BrN4S/c1-7-2-9(4-13)16-11(15-7)14-5-10-3-8(12)6-17-10/h2-3,6H,5H2,1H3,(H,14,15,16). The molecule has 2 heterocycles. The van der Waals surface area contributed by atoms with Crippen LogP contribution in [-0.4, -0.2) is 9.97 Å². The number of halogens is 1. The second kappa shape index (κ2) is 5.25. The van der Waals surface area contributed by atoms with Crippen LogP contribution in [0.3, 0.4) is 0 Å². The second-order valence-electron chi connectivity index (χ2n) is 3.41. The molecule has 0 aliphatic heterocycles. The van der Waals surface area contributed by atoms with Gasteiger partial charge in [-0.05, 0) is 35.0 Å². The highest BCUT2D eigenvalue weighted by Crippen LogP contribution is 2.20. The first-order valence-corrected chi connectivity index (χ1v) is 6.57. The molecule has 0 spiro atoms. The molecule has 0 amide bonds. The Morgan fingerprint density at radius 2 is 2.29 bits per heavy atom. The summed E-state index contributed by atoms with van der Waals surface area (Å²) in [6.45, 7) is 2.50. The van der Waals surface area contributed by atoms with E-state index in [-0.39, 0.29) is 0 Å². The van der Waals surface area contributed by atoms with Crippen molar-refractivity contribution in [2.75, 3.05) is 5.32 Å². The zero-order chi connectivity index (χ0) is 12.3. The molecule has 17 heavy (non-hydrogen) atoms. The number of nitriles is 1. The van der Waals surface area contributed by atoms with Gasteiger partial charge in [0, 0.05) is 20.4 Å². The van der Waals surface area contributed by atoms with E-state index in [0.717, 1.165) is 10.2 Å². The average molecular weight is 309 g/mol. The molecular formula is C11H9BrN4S. The monoisotopic (exact) mass is 308 g/mol. The van der Waals surface area contributed by atoms with Crippen LogP contribution in [0.1, 0.15) is 16.3 Å². The van der Waals surface area contributed by atoms with Crippen molar-refractivity contribution in [1.29, 1.82) is 5.26 Å². The lowest BCUT2D eigenvalue weighted by molar-refractivity contribution is 1.03. The van der Waals surface area contributed by atoms with Crippen LogP contribution in [0, 0.1) is 18.3 Å². The summed E-state index contributed by atoms with van der Waals surface area (Å²) in [7, 11) is 0. The van der Waals surface area contributed by atoms with Crippen molar-refractivity contribution >= 4 is 33.2 Å². The maximum atomic E-state index is 8.80. The molecule has 6 heteroatoms. The summed E-state index contributed by atoms with van der Waals surface area (Å²) in [5.74, 6) is 0.492. The maximum absolute atomic E-state index is 8.80. The van der Waals surface area contributed by atoms with Crippen LogP contribution >= 0.6 is 27.3 Å². The van der Waals surface area contributed by atoms with E-state index in [9.17, 15) is 0 Å². The van der Waals surface area contributed by atoms with Crippen molar-refractivity contribution in [3.8, 4) is 6.07 Å². The lowest BCUT2D eigenvalue weighted by atomic mass is 10.3. The summed E-state index contributed by atoms with van der Waals surface area (Å²) in [5.41, 5.74) is 1.17. The van der Waals surface area contributed by atoms with Gasteiger partial charge in [0.05, 0.1) is 6.54 Å². The number of thiophene rings is 1. The Morgan fingerprint density at radius 1 is 1.47 bits per heavy atom. The molecule has 4 nitrogen and oxygen atoms in total. The molecule has 1 N–H and O–H groups in total. The number of nitrogens with zero attached hydrogens (tertiary/aromatic N) is 3. The molecule has 2 aromatic heterocycles. The van der Waals surface area contributed by atoms with E-state index in [0.29, 0.717) is 18.2 Å². The largest absolute Gasteiger partial charge is 0.349 e. The Hall–Kier alpha value is -1.45. The van der Waals surface area contributed by atoms with E-state index in [1.165, 1.54) is 4.88 Å². The number of rotatable bonds is 3. The van der Waals surface area contributed by atoms with Gasteiger partial charge >= 0.3 is 0 Å². The molecular weight excluding hydrogens is 300 g/mol. The van der Waals surface area contributed by atoms with Gasteiger partial charge in [-0.2, -0.15) is 5.26 Å². The van der Waals surface area contributed by atoms with E-state index in [2.05, 4.69) is 31.2 Å². The fourth-order valence-corrected chi connectivity index (χ4v) is 2.71. The zero-order valence-electron chi connectivity index (χ0n) is 9.07. The second-order valence-corrected chi connectivity index (χ2v) is 5.33. The number of aryl methyl sites for hydroxylation is 1. The van der Waals surface area contributed by atoms with E-state index < -0.39 is 0 Å². The third-order valence-electron chi connectivity index (χ3n) is 2.01. The third-order valence-corrected chi connectivity index (χ3v) is 3.71. The molecule has 0 radical (unpaired) electrons. The Morgan fingerprint density at radius 3 is 2.94 bits per heavy atom. The molecule has 2 aromatic rings. The molecule has 2 rings (SSSR count). The smallest absolute Gasteiger partial charge is 0.224 e. The van der Waals surface area contributed by atoms with Crippen molar-refractivity contribution in [3.63, 3.8) is 0 Å². The van der Waals surface area contributed by atoms with E-state index in [4.69, 9.17) is 5.26 Å². The summed E-state index contributed by atoms with van der Waals surface area (Å²) in [5, 5.41) is 13.9. The molecule has 0 fully saturated rings. The van der Waals surface area contributed by atoms with Gasteiger partial charge in [-0.3, -0.25) is 0 Å². The molecule has 0 unspecified atom stereocenters. The molecule has 0 atom stereocenters. The van der Waals surface area contributed by atoms with Crippen LogP contribution in [0.15, 0.2) is 22.0 Å². The maximum Gasteiger partial charge on any atom is 0.224 e. The molecule has 0 saturated carbocycles. The van der Waals surface area contributed by atoms with Crippen LogP contribution in [0.5, 0.6) is 0 Å². The number of hydrogen-bond acceptors (Lipinski definition) is 5. The first kappa shape index (κ1) is 12.0. The molecule has 0 aromatic carbocycles. The number of anilines is 1. The summed E-state index contributed by atoms with van der Waals surface area (Å²) in [6.07, 6.45) is 0. The lowest BCUT2D eigenvalue weighted by Crippen LogP contribution is -2.04. The molecule has 0 aliphatic rings. The van der Waals surface area contributed by atoms with Gasteiger partial charge in [-0.15, -0.1) is 11.3 Å². The Balaban J connectivity index is 2.09. The average Bonchev–Trinajstić information content (AvgIpc) is 2.72. The van der Waals surface area contributed by atoms with E-state index in [1.54, 1.807) is 17.4 Å². The van der Waals surface area contributed by atoms with Crippen molar-refractivity contribution in [2.24, 2.45) is 0 Å². The third kappa shape index (κ3) is 3.25. The molecule has 0 aliphatic carbocycles. The van der Waals surface area contributed by atoms with Gasteiger partial charge < -0.3 is 5.32 Å². The Labute approximate surface area is 111 Å². The summed E-state index contributed by atoms with van der Waals surface area (Å²) in [4.78, 5) is 9.49. The highest BCUT2D eigenvalue weighted by Gasteiger charge is 2.02. The fraction of sp³-hybridized carbons (Fsp3) is 0.182. The van der Waals surface area contributed by atoms with Gasteiger partial charge in [0.2, 0.25) is 5.95 Å². The van der Waals surface area contributed by atoms with Gasteiger partial charge in [0.25, 0.3) is 0 Å². The van der Waals surface area contributed by atoms with Crippen molar-refractivity contribution in [3.05, 3.63) is 38.3 Å². The van der Waals surface area contributed by atoms with Crippen LogP contribution in [0.25, 0.3) is 0 Å². The van der Waals surface area contributed by atoms with Gasteiger partial charge in [-0.25, -0.2) is 9.97 Å². The highest BCUT2D eigenvalue weighted by molar-refractivity contribution is 9.10. The lowest BCUT2D eigenvalue weighted by Gasteiger charge is -2.03. The summed E-state index contributed by atoms with van der Waals surface area (Å²) >= 11 is 5.05.